The highest BCUT2D eigenvalue weighted by atomic mass is 32.2. The molecule has 1 rings (SSSR count). The lowest BCUT2D eigenvalue weighted by Gasteiger charge is -2.16. The van der Waals surface area contributed by atoms with E-state index in [1.54, 1.807) is 0 Å². The highest BCUT2D eigenvalue weighted by Crippen LogP contribution is 2.28. The Balaban J connectivity index is 2.47. The van der Waals surface area contributed by atoms with E-state index >= 15 is 0 Å². The molecule has 1 aromatic carbocycles. The van der Waals surface area contributed by atoms with Crippen LogP contribution in [0.15, 0.2) is 24.3 Å². The average molecular weight is 332 g/mol. The first-order valence-electron chi connectivity index (χ1n) is 5.52. The maximum atomic E-state index is 12.6. The van der Waals surface area contributed by atoms with Crippen LogP contribution in [-0.2, 0) is 14.3 Å². The lowest BCUT2D eigenvalue weighted by atomic mass is 10.3. The van der Waals surface area contributed by atoms with Crippen LogP contribution >= 0.6 is 0 Å². The quantitative estimate of drug-likeness (QED) is 0.415. The lowest BCUT2D eigenvalue weighted by Crippen LogP contribution is -2.33. The van der Waals surface area contributed by atoms with Crippen molar-refractivity contribution in [3.8, 4) is 11.5 Å². The fraction of sp³-hybridized carbons (Fsp3) is 0.455. The van der Waals surface area contributed by atoms with E-state index in [9.17, 15) is 26.0 Å². The third-order valence-corrected chi connectivity index (χ3v) is 2.58. The first-order chi connectivity index (χ1) is 9.60. The second kappa shape index (κ2) is 6.94. The molecule has 0 unspecified atom stereocenters. The van der Waals surface area contributed by atoms with Gasteiger partial charge in [0.15, 0.2) is 0 Å². The molecule has 0 saturated heterocycles. The first kappa shape index (κ1) is 17.5. The molecular weight excluding hydrogens is 320 g/mol. The molecule has 1 aromatic rings. The van der Waals surface area contributed by atoms with E-state index in [0.717, 1.165) is 18.4 Å². The van der Waals surface area contributed by atoms with Gasteiger partial charge in [-0.3, -0.25) is 4.18 Å². The van der Waals surface area contributed by atoms with Crippen molar-refractivity contribution in [3.05, 3.63) is 24.3 Å². The highest BCUT2D eigenvalue weighted by Gasteiger charge is 2.43. The molecule has 0 aliphatic carbocycles. The number of ether oxygens (including phenoxy) is 2. The van der Waals surface area contributed by atoms with Crippen molar-refractivity contribution in [2.75, 3.05) is 19.5 Å². The number of benzene rings is 1. The second-order valence-electron chi connectivity index (χ2n) is 3.81. The Hall–Kier alpha value is -1.55. The molecule has 0 aromatic heterocycles. The van der Waals surface area contributed by atoms with Gasteiger partial charge in [0.05, 0.1) is 6.26 Å². The summed E-state index contributed by atoms with van der Waals surface area (Å²) in [5.74, 6) is -0.250. The zero-order chi connectivity index (χ0) is 16.1. The minimum absolute atomic E-state index is 0.0968. The third-order valence-electron chi connectivity index (χ3n) is 1.98. The maximum Gasteiger partial charge on any atom is 0.461 e. The van der Waals surface area contributed by atoms with Crippen LogP contribution in [0.5, 0.6) is 11.5 Å². The molecule has 0 bridgehead atoms. The van der Waals surface area contributed by atoms with E-state index in [1.807, 2.05) is 0 Å². The summed E-state index contributed by atoms with van der Waals surface area (Å²) in [5, 5.41) is 0. The molecule has 0 spiro atoms. The monoisotopic (exact) mass is 332 g/mol. The zero-order valence-corrected chi connectivity index (χ0v) is 11.6. The molecule has 0 radical (unpaired) electrons. The topological polar surface area (TPSA) is 61.8 Å². The molecule has 0 aliphatic rings. The van der Waals surface area contributed by atoms with Gasteiger partial charge in [0.25, 0.3) is 10.1 Å². The minimum Gasteiger partial charge on any atom is -0.491 e. The van der Waals surface area contributed by atoms with Gasteiger partial charge in [-0.1, -0.05) is 0 Å². The Morgan fingerprint density at radius 2 is 1.62 bits per heavy atom. The van der Waals surface area contributed by atoms with Crippen LogP contribution in [0.25, 0.3) is 0 Å². The van der Waals surface area contributed by atoms with Gasteiger partial charge >= 0.3 is 12.5 Å². The Kier molecular flexibility index (Phi) is 5.78. The number of hydrogen-bond acceptors (Lipinski definition) is 5. The predicted molar refractivity (Wildman–Crippen MR) is 64.3 cm³/mol. The summed E-state index contributed by atoms with van der Waals surface area (Å²) in [4.78, 5) is 0. The molecule has 120 valence electrons. The van der Waals surface area contributed by atoms with Gasteiger partial charge in [0.2, 0.25) is 0 Å². The zero-order valence-electron chi connectivity index (χ0n) is 10.8. The molecule has 10 heteroatoms. The first-order valence-corrected chi connectivity index (χ1v) is 7.34. The molecule has 0 aliphatic heterocycles. The van der Waals surface area contributed by atoms with Crippen LogP contribution in [0.4, 0.5) is 17.6 Å². The van der Waals surface area contributed by atoms with E-state index in [-0.39, 0.29) is 19.0 Å². The van der Waals surface area contributed by atoms with Crippen LogP contribution in [-0.4, -0.2) is 40.4 Å². The fourth-order valence-electron chi connectivity index (χ4n) is 1.15. The van der Waals surface area contributed by atoms with Crippen molar-refractivity contribution >= 4 is 10.1 Å². The SMILES string of the molecule is CS(=O)(=O)OCCOc1ccc(OC(F)(F)C(F)F)cc1. The molecule has 21 heavy (non-hydrogen) atoms. The third kappa shape index (κ3) is 6.63. The van der Waals surface area contributed by atoms with Gasteiger partial charge in [-0.2, -0.15) is 26.0 Å². The van der Waals surface area contributed by atoms with Crippen LogP contribution in [0.1, 0.15) is 0 Å². The Morgan fingerprint density at radius 1 is 1.10 bits per heavy atom. The molecular formula is C11H12F4O5S. The van der Waals surface area contributed by atoms with Gasteiger partial charge in [0, 0.05) is 0 Å². The largest absolute Gasteiger partial charge is 0.491 e. The predicted octanol–water partition coefficient (Wildman–Crippen LogP) is 2.28. The van der Waals surface area contributed by atoms with Crippen LogP contribution in [0.3, 0.4) is 0 Å². The summed E-state index contributed by atoms with van der Waals surface area (Å²) in [5.41, 5.74) is 0. The van der Waals surface area contributed by atoms with E-state index < -0.39 is 28.4 Å². The molecule has 0 atom stereocenters. The van der Waals surface area contributed by atoms with E-state index in [2.05, 4.69) is 8.92 Å². The van der Waals surface area contributed by atoms with E-state index in [0.29, 0.717) is 0 Å². The molecule has 0 amide bonds. The Labute approximate surface area is 118 Å². The molecule has 0 saturated carbocycles. The van der Waals surface area contributed by atoms with Crippen LogP contribution in [0.2, 0.25) is 0 Å². The fourth-order valence-corrected chi connectivity index (χ4v) is 1.52. The van der Waals surface area contributed by atoms with Gasteiger partial charge in [-0.15, -0.1) is 0 Å². The minimum atomic E-state index is -4.58. The summed E-state index contributed by atoms with van der Waals surface area (Å²) in [6.07, 6.45) is -7.64. The average Bonchev–Trinajstić information content (AvgIpc) is 2.35. The van der Waals surface area contributed by atoms with Crippen molar-refractivity contribution in [2.45, 2.75) is 12.5 Å². The van der Waals surface area contributed by atoms with Gasteiger partial charge in [-0.25, -0.2) is 0 Å². The highest BCUT2D eigenvalue weighted by molar-refractivity contribution is 7.85. The van der Waals surface area contributed by atoms with Crippen molar-refractivity contribution in [3.63, 3.8) is 0 Å². The summed E-state index contributed by atoms with van der Waals surface area (Å²) in [6, 6.07) is 4.45. The summed E-state index contributed by atoms with van der Waals surface area (Å²) < 4.78 is 83.7. The number of halogens is 4. The molecule has 0 fully saturated rings. The summed E-state index contributed by atoms with van der Waals surface area (Å²) >= 11 is 0. The number of hydrogen-bond donors (Lipinski definition) is 0. The van der Waals surface area contributed by atoms with Gasteiger partial charge in [0.1, 0.15) is 24.7 Å². The van der Waals surface area contributed by atoms with Crippen molar-refractivity contribution in [2.24, 2.45) is 0 Å². The summed E-state index contributed by atoms with van der Waals surface area (Å²) in [7, 11) is -3.57. The van der Waals surface area contributed by atoms with Crippen LogP contribution < -0.4 is 9.47 Å². The van der Waals surface area contributed by atoms with Gasteiger partial charge < -0.3 is 9.47 Å². The lowest BCUT2D eigenvalue weighted by molar-refractivity contribution is -0.253. The standard InChI is InChI=1S/C11H12F4O5S/c1-21(16,17)19-7-6-18-8-2-4-9(5-3-8)20-11(14,15)10(12)13/h2-5,10H,6-7H2,1H3. The molecule has 0 N–H and O–H groups in total. The number of alkyl halides is 4. The van der Waals surface area contributed by atoms with Crippen molar-refractivity contribution in [1.82, 2.24) is 0 Å². The van der Waals surface area contributed by atoms with E-state index in [4.69, 9.17) is 4.74 Å². The molecule has 0 heterocycles. The normalized spacial score (nSPS) is 12.5. The Morgan fingerprint density at radius 3 is 2.10 bits per heavy atom. The van der Waals surface area contributed by atoms with Crippen LogP contribution in [0, 0.1) is 0 Å². The maximum absolute atomic E-state index is 12.6. The smallest absolute Gasteiger partial charge is 0.461 e. The van der Waals surface area contributed by atoms with Crippen molar-refractivity contribution in [1.29, 1.82) is 0 Å². The van der Waals surface area contributed by atoms with Gasteiger partial charge in [-0.05, 0) is 24.3 Å². The van der Waals surface area contributed by atoms with E-state index in [1.165, 1.54) is 12.1 Å². The Bertz CT molecular complexity index is 544. The summed E-state index contributed by atoms with van der Waals surface area (Å²) in [6.45, 7) is -0.318. The van der Waals surface area contributed by atoms with Crippen molar-refractivity contribution < 1.29 is 39.6 Å². The second-order valence-corrected chi connectivity index (χ2v) is 5.45. The molecule has 5 nitrogen and oxygen atoms in total. The number of rotatable bonds is 8.